The molecule has 2 aliphatic heterocycles. The molecule has 3 fully saturated rings. The Morgan fingerprint density at radius 3 is 2.49 bits per heavy atom. The lowest BCUT2D eigenvalue weighted by Gasteiger charge is -2.34. The van der Waals surface area contributed by atoms with Crippen LogP contribution in [0.4, 0.5) is 32.9 Å². The first-order chi connectivity index (χ1) is 20.5. The molecule has 7 rings (SSSR count). The molecule has 2 atom stereocenters. The molecule has 3 aliphatic rings. The number of ether oxygens (including phenoxy) is 1. The minimum absolute atomic E-state index is 0.0208. The van der Waals surface area contributed by atoms with Crippen molar-refractivity contribution in [3.8, 4) is 23.2 Å². The molecule has 0 radical (unpaired) electrons. The van der Waals surface area contributed by atoms with Crippen LogP contribution in [0.2, 0.25) is 0 Å². The fourth-order valence-electron chi connectivity index (χ4n) is 6.69. The zero-order valence-electron chi connectivity index (χ0n) is 22.8. The smallest absolute Gasteiger partial charge is 0.417 e. The van der Waals surface area contributed by atoms with Gasteiger partial charge in [0.1, 0.15) is 23.8 Å². The average molecular weight is 616 g/mol. The molecule has 14 heteroatoms. The van der Waals surface area contributed by atoms with E-state index in [0.717, 1.165) is 55.2 Å². The van der Waals surface area contributed by atoms with Crippen LogP contribution in [-0.2, 0) is 6.18 Å². The Hall–Kier alpha value is -3.83. The van der Waals surface area contributed by atoms with Crippen molar-refractivity contribution in [2.45, 2.75) is 56.8 Å². The number of piperazine rings is 1. The van der Waals surface area contributed by atoms with Crippen LogP contribution in [-0.4, -0.2) is 46.7 Å². The quantitative estimate of drug-likeness (QED) is 0.256. The Labute approximate surface area is 246 Å². The number of alkyl halides is 3. The van der Waals surface area contributed by atoms with Crippen LogP contribution in [0.5, 0.6) is 6.01 Å². The van der Waals surface area contributed by atoms with E-state index in [1.807, 2.05) is 4.90 Å². The first-order valence-electron chi connectivity index (χ1n) is 14.1. The van der Waals surface area contributed by atoms with Crippen LogP contribution in [0.25, 0.3) is 32.2 Å². The summed E-state index contributed by atoms with van der Waals surface area (Å²) < 4.78 is 81.1. The number of benzene rings is 2. The lowest BCUT2D eigenvalue weighted by molar-refractivity contribution is -0.137. The molecule has 4 aromatic rings. The molecule has 2 aromatic heterocycles. The van der Waals surface area contributed by atoms with Crippen molar-refractivity contribution in [3.05, 3.63) is 35.4 Å². The highest BCUT2D eigenvalue weighted by Gasteiger charge is 2.40. The maximum atomic E-state index is 16.7. The van der Waals surface area contributed by atoms with E-state index in [9.17, 15) is 22.8 Å². The predicted octanol–water partition coefficient (Wildman–Crippen LogP) is 6.19. The van der Waals surface area contributed by atoms with Crippen LogP contribution >= 0.6 is 11.3 Å². The Morgan fingerprint density at radius 1 is 1.09 bits per heavy atom. The Balaban J connectivity index is 1.45. The van der Waals surface area contributed by atoms with E-state index in [2.05, 4.69) is 26.3 Å². The second-order valence-corrected chi connectivity index (χ2v) is 12.6. The topological polar surface area (TPSA) is 113 Å². The summed E-state index contributed by atoms with van der Waals surface area (Å²) in [6.45, 7) is 0.907. The molecule has 1 aliphatic carbocycles. The molecule has 2 bridgehead atoms. The zero-order valence-corrected chi connectivity index (χ0v) is 23.6. The van der Waals surface area contributed by atoms with Crippen molar-refractivity contribution in [2.75, 3.05) is 30.3 Å². The molecule has 2 unspecified atom stereocenters. The zero-order chi connectivity index (χ0) is 30.1. The number of nitrogens with zero attached hydrogens (tertiary/aromatic N) is 5. The Bertz CT molecular complexity index is 1780. The van der Waals surface area contributed by atoms with Crippen LogP contribution in [0, 0.1) is 28.4 Å². The Kier molecular flexibility index (Phi) is 6.59. The van der Waals surface area contributed by atoms with Crippen molar-refractivity contribution in [3.63, 3.8) is 0 Å². The average Bonchev–Trinajstić information content (AvgIpc) is 3.70. The van der Waals surface area contributed by atoms with Gasteiger partial charge in [0.05, 0.1) is 27.3 Å². The number of nitrogens with two attached hydrogens (primary N) is 1. The van der Waals surface area contributed by atoms with E-state index in [4.69, 9.17) is 10.5 Å². The molecular formula is C29H26F5N7OS. The van der Waals surface area contributed by atoms with E-state index in [1.54, 1.807) is 0 Å². The van der Waals surface area contributed by atoms with Gasteiger partial charge in [-0.3, -0.25) is 0 Å². The summed E-state index contributed by atoms with van der Waals surface area (Å²) in [6, 6.07) is 5.23. The van der Waals surface area contributed by atoms with Crippen molar-refractivity contribution < 1.29 is 26.7 Å². The molecule has 1 saturated carbocycles. The molecule has 3 N–H and O–H groups in total. The third-order valence-electron chi connectivity index (χ3n) is 8.77. The van der Waals surface area contributed by atoms with Crippen molar-refractivity contribution in [1.29, 1.82) is 5.26 Å². The number of thiazole rings is 1. The van der Waals surface area contributed by atoms with Gasteiger partial charge in [-0.05, 0) is 43.9 Å². The molecular weight excluding hydrogens is 589 g/mol. The van der Waals surface area contributed by atoms with Crippen LogP contribution < -0.4 is 20.7 Å². The highest BCUT2D eigenvalue weighted by molar-refractivity contribution is 7.22. The van der Waals surface area contributed by atoms with Crippen molar-refractivity contribution in [2.24, 2.45) is 5.41 Å². The summed E-state index contributed by atoms with van der Waals surface area (Å²) in [5.41, 5.74) is 2.17. The van der Waals surface area contributed by atoms with Gasteiger partial charge < -0.3 is 20.7 Å². The monoisotopic (exact) mass is 615 g/mol. The van der Waals surface area contributed by atoms with Gasteiger partial charge in [0.25, 0.3) is 0 Å². The number of hydrogen-bond acceptors (Lipinski definition) is 9. The standard InChI is InChI=1S/C29H26F5N7OS/c30-19-6-5-16(23-24(19)43-26(36)38-23)20-18(29(32,33)34)9-17-22(21(20)31)39-27(42-13-28(12-35)7-1-2-8-28)40-25(17)41-10-14-3-4-15(11-41)37-14/h5-6,9,14-15,37H,1-4,7-8,10-11,13H2,(H2,36,38). The lowest BCUT2D eigenvalue weighted by atomic mass is 9.89. The van der Waals surface area contributed by atoms with Gasteiger partial charge in [0.15, 0.2) is 10.9 Å². The van der Waals surface area contributed by atoms with E-state index >= 15 is 4.39 Å². The van der Waals surface area contributed by atoms with Gasteiger partial charge in [-0.25, -0.2) is 13.8 Å². The number of rotatable bonds is 5. The number of nitrogens with one attached hydrogen (secondary N) is 1. The second-order valence-electron chi connectivity index (χ2n) is 11.6. The SMILES string of the molecule is N#CC1(COc2nc(N3CC4CCC(C3)N4)c3cc(C(F)(F)F)c(-c4ccc(F)c5sc(N)nc45)c(F)c3n2)CCCC1. The largest absolute Gasteiger partial charge is 0.462 e. The fourth-order valence-corrected chi connectivity index (χ4v) is 7.45. The Morgan fingerprint density at radius 2 is 1.81 bits per heavy atom. The minimum Gasteiger partial charge on any atom is -0.462 e. The van der Waals surface area contributed by atoms with Gasteiger partial charge in [0.2, 0.25) is 0 Å². The maximum absolute atomic E-state index is 16.7. The molecule has 0 amide bonds. The highest BCUT2D eigenvalue weighted by atomic mass is 32.1. The number of hydrogen-bond donors (Lipinski definition) is 2. The summed E-state index contributed by atoms with van der Waals surface area (Å²) in [5.74, 6) is -1.85. The van der Waals surface area contributed by atoms with Gasteiger partial charge in [0, 0.05) is 41.7 Å². The molecule has 2 aromatic carbocycles. The van der Waals surface area contributed by atoms with Gasteiger partial charge >= 0.3 is 12.2 Å². The molecule has 2 saturated heterocycles. The number of halogens is 5. The highest BCUT2D eigenvalue weighted by Crippen LogP contribution is 2.46. The summed E-state index contributed by atoms with van der Waals surface area (Å²) in [6.07, 6.45) is -0.162. The van der Waals surface area contributed by atoms with E-state index in [-0.39, 0.29) is 62.3 Å². The lowest BCUT2D eigenvalue weighted by Crippen LogP contribution is -2.51. The second kappa shape index (κ2) is 10.1. The number of nitriles is 1. The third kappa shape index (κ3) is 4.78. The summed E-state index contributed by atoms with van der Waals surface area (Å²) in [5, 5.41) is 13.1. The van der Waals surface area contributed by atoms with Gasteiger partial charge in [-0.2, -0.15) is 28.4 Å². The van der Waals surface area contributed by atoms with E-state index in [1.165, 1.54) is 0 Å². The van der Waals surface area contributed by atoms with Crippen LogP contribution in [0.3, 0.4) is 0 Å². The normalized spacial score (nSPS) is 21.5. The van der Waals surface area contributed by atoms with E-state index in [0.29, 0.717) is 25.9 Å². The predicted molar refractivity (Wildman–Crippen MR) is 152 cm³/mol. The molecule has 224 valence electrons. The number of fused-ring (bicyclic) bond motifs is 4. The molecule has 43 heavy (non-hydrogen) atoms. The molecule has 4 heterocycles. The first-order valence-corrected chi connectivity index (χ1v) is 14.9. The maximum Gasteiger partial charge on any atom is 0.417 e. The number of nitrogen functional groups attached to an aromatic ring is 1. The minimum atomic E-state index is -4.98. The number of aromatic nitrogens is 3. The van der Waals surface area contributed by atoms with Crippen molar-refractivity contribution in [1.82, 2.24) is 20.3 Å². The first kappa shape index (κ1) is 28.0. The van der Waals surface area contributed by atoms with Crippen LogP contribution in [0.15, 0.2) is 18.2 Å². The summed E-state index contributed by atoms with van der Waals surface area (Å²) >= 11 is 0.764. The molecule has 8 nitrogen and oxygen atoms in total. The third-order valence-corrected chi connectivity index (χ3v) is 9.66. The van der Waals surface area contributed by atoms with Gasteiger partial charge in [-0.1, -0.05) is 24.2 Å². The van der Waals surface area contributed by atoms with Gasteiger partial charge in [-0.15, -0.1) is 0 Å². The molecule has 0 spiro atoms. The van der Waals surface area contributed by atoms with E-state index < -0.39 is 34.4 Å². The van der Waals surface area contributed by atoms with Crippen molar-refractivity contribution >= 4 is 43.4 Å². The summed E-state index contributed by atoms with van der Waals surface area (Å²) in [7, 11) is 0. The van der Waals surface area contributed by atoms with Crippen LogP contribution in [0.1, 0.15) is 44.1 Å². The number of anilines is 2. The fraction of sp³-hybridized carbons (Fsp3) is 0.448. The summed E-state index contributed by atoms with van der Waals surface area (Å²) in [4.78, 5) is 14.7.